The summed E-state index contributed by atoms with van der Waals surface area (Å²) in [4.78, 5) is 31.7. The molecule has 162 valence electrons. The maximum absolute atomic E-state index is 13.1. The monoisotopic (exact) mass is 448 g/mol. The number of ketones is 1. The Morgan fingerprint density at radius 1 is 1.09 bits per heavy atom. The number of aliphatic hydroxyl groups is 1. The maximum atomic E-state index is 13.1. The minimum absolute atomic E-state index is 0.0230. The number of carbonyl (C=O) groups excluding carboxylic acids is 2. The standard InChI is InChI=1S/C25H21ClN2O4/c1-2-14-32-19-11-9-16(10-12-19)23(29)21-22(17-6-5-7-18(26)15-17)28(25(31)24(21)30)20-8-3-4-13-27-20/h3-13,15,22,29H,2,14H2,1H3/b23-21+/t22-/m1/s1. The molecule has 1 aliphatic rings. The number of anilines is 1. The predicted octanol–water partition coefficient (Wildman–Crippen LogP) is 5.15. The summed E-state index contributed by atoms with van der Waals surface area (Å²) in [6.07, 6.45) is 2.41. The first kappa shape index (κ1) is 21.6. The van der Waals surface area contributed by atoms with Crippen molar-refractivity contribution in [3.8, 4) is 5.75 Å². The molecule has 1 aromatic heterocycles. The summed E-state index contributed by atoms with van der Waals surface area (Å²) >= 11 is 6.20. The lowest BCUT2D eigenvalue weighted by molar-refractivity contribution is -0.132. The van der Waals surface area contributed by atoms with Crippen LogP contribution in [-0.2, 0) is 9.59 Å². The van der Waals surface area contributed by atoms with Gasteiger partial charge in [0, 0.05) is 16.8 Å². The van der Waals surface area contributed by atoms with Gasteiger partial charge in [0.15, 0.2) is 0 Å². The molecule has 1 amide bonds. The van der Waals surface area contributed by atoms with Crippen molar-refractivity contribution in [2.45, 2.75) is 19.4 Å². The number of pyridine rings is 1. The lowest BCUT2D eigenvalue weighted by Gasteiger charge is -2.24. The minimum atomic E-state index is -0.875. The molecule has 1 saturated heterocycles. The molecule has 1 aliphatic heterocycles. The van der Waals surface area contributed by atoms with E-state index in [1.165, 1.54) is 4.90 Å². The molecule has 2 heterocycles. The molecule has 32 heavy (non-hydrogen) atoms. The number of rotatable bonds is 6. The number of halogens is 1. The number of aliphatic hydroxyl groups excluding tert-OH is 1. The SMILES string of the molecule is CCCOc1ccc(/C(O)=C2\C(=O)C(=O)N(c3ccccn3)[C@@H]2c2cccc(Cl)c2)cc1. The number of hydrogen-bond donors (Lipinski definition) is 1. The molecule has 0 radical (unpaired) electrons. The zero-order chi connectivity index (χ0) is 22.7. The summed E-state index contributed by atoms with van der Waals surface area (Å²) in [6.45, 7) is 2.59. The van der Waals surface area contributed by atoms with Crippen molar-refractivity contribution in [1.29, 1.82) is 0 Å². The molecule has 0 aliphatic carbocycles. The second-order valence-electron chi connectivity index (χ2n) is 7.28. The number of ether oxygens (including phenoxy) is 1. The fourth-order valence-electron chi connectivity index (χ4n) is 3.64. The summed E-state index contributed by atoms with van der Waals surface area (Å²) in [6, 6.07) is 17.8. The Hall–Kier alpha value is -3.64. The van der Waals surface area contributed by atoms with Gasteiger partial charge >= 0.3 is 5.91 Å². The summed E-state index contributed by atoms with van der Waals surface area (Å²) in [7, 11) is 0. The molecule has 3 aromatic rings. The van der Waals surface area contributed by atoms with Crippen LogP contribution in [-0.4, -0.2) is 28.4 Å². The van der Waals surface area contributed by atoms with Crippen LogP contribution in [0.5, 0.6) is 5.75 Å². The van der Waals surface area contributed by atoms with E-state index in [1.54, 1.807) is 72.9 Å². The van der Waals surface area contributed by atoms with Gasteiger partial charge in [-0.25, -0.2) is 4.98 Å². The van der Waals surface area contributed by atoms with Crippen molar-refractivity contribution in [3.63, 3.8) is 0 Å². The van der Waals surface area contributed by atoms with Gasteiger partial charge in [-0.1, -0.05) is 36.7 Å². The molecular formula is C25H21ClN2O4. The number of benzene rings is 2. The van der Waals surface area contributed by atoms with Gasteiger partial charge < -0.3 is 9.84 Å². The van der Waals surface area contributed by atoms with Crippen molar-refractivity contribution in [2.24, 2.45) is 0 Å². The Labute approximate surface area is 190 Å². The molecule has 7 heteroatoms. The highest BCUT2D eigenvalue weighted by molar-refractivity contribution is 6.51. The van der Waals surface area contributed by atoms with Crippen LogP contribution in [0.15, 0.2) is 78.5 Å². The smallest absolute Gasteiger partial charge is 0.301 e. The van der Waals surface area contributed by atoms with Crippen molar-refractivity contribution < 1.29 is 19.4 Å². The third-order valence-corrected chi connectivity index (χ3v) is 5.34. The topological polar surface area (TPSA) is 79.7 Å². The largest absolute Gasteiger partial charge is 0.507 e. The summed E-state index contributed by atoms with van der Waals surface area (Å²) in [5, 5.41) is 11.6. The van der Waals surface area contributed by atoms with Crippen LogP contribution in [0.25, 0.3) is 5.76 Å². The van der Waals surface area contributed by atoms with E-state index in [0.717, 1.165) is 6.42 Å². The Morgan fingerprint density at radius 3 is 2.53 bits per heavy atom. The van der Waals surface area contributed by atoms with E-state index in [9.17, 15) is 14.7 Å². The first-order valence-corrected chi connectivity index (χ1v) is 10.6. The molecule has 1 atom stereocenters. The van der Waals surface area contributed by atoms with Crippen molar-refractivity contribution in [1.82, 2.24) is 4.98 Å². The molecule has 0 bridgehead atoms. The molecule has 0 saturated carbocycles. The third kappa shape index (κ3) is 4.09. The Morgan fingerprint density at radius 2 is 1.88 bits per heavy atom. The first-order chi connectivity index (χ1) is 15.5. The lowest BCUT2D eigenvalue weighted by atomic mass is 9.95. The highest BCUT2D eigenvalue weighted by atomic mass is 35.5. The second kappa shape index (κ2) is 9.24. The Kier molecular flexibility index (Phi) is 6.23. The van der Waals surface area contributed by atoms with E-state index in [4.69, 9.17) is 16.3 Å². The summed E-state index contributed by atoms with van der Waals surface area (Å²) < 4.78 is 5.58. The predicted molar refractivity (Wildman–Crippen MR) is 123 cm³/mol. The number of Topliss-reactive ketones (excluding diaryl/α,β-unsaturated/α-hetero) is 1. The number of nitrogens with zero attached hydrogens (tertiary/aromatic N) is 2. The zero-order valence-electron chi connectivity index (χ0n) is 17.4. The molecule has 6 nitrogen and oxygen atoms in total. The number of hydrogen-bond acceptors (Lipinski definition) is 5. The van der Waals surface area contributed by atoms with E-state index in [2.05, 4.69) is 4.98 Å². The van der Waals surface area contributed by atoms with Crippen molar-refractivity contribution in [2.75, 3.05) is 11.5 Å². The van der Waals surface area contributed by atoms with E-state index in [0.29, 0.717) is 34.3 Å². The van der Waals surface area contributed by atoms with Gasteiger partial charge in [-0.2, -0.15) is 0 Å². The van der Waals surface area contributed by atoms with Crippen LogP contribution in [0.2, 0.25) is 5.02 Å². The highest BCUT2D eigenvalue weighted by Gasteiger charge is 2.47. The number of aromatic nitrogens is 1. The van der Waals surface area contributed by atoms with Gasteiger partial charge in [-0.15, -0.1) is 0 Å². The van der Waals surface area contributed by atoms with Crippen LogP contribution < -0.4 is 9.64 Å². The number of amides is 1. The lowest BCUT2D eigenvalue weighted by Crippen LogP contribution is -2.30. The first-order valence-electron chi connectivity index (χ1n) is 10.2. The minimum Gasteiger partial charge on any atom is -0.507 e. The third-order valence-electron chi connectivity index (χ3n) is 5.11. The Balaban J connectivity index is 1.85. The fraction of sp³-hybridized carbons (Fsp3) is 0.160. The maximum Gasteiger partial charge on any atom is 0.301 e. The molecule has 1 N–H and O–H groups in total. The molecule has 0 unspecified atom stereocenters. The van der Waals surface area contributed by atoms with Crippen LogP contribution in [0.1, 0.15) is 30.5 Å². The second-order valence-corrected chi connectivity index (χ2v) is 7.72. The molecule has 1 fully saturated rings. The molecular weight excluding hydrogens is 428 g/mol. The summed E-state index contributed by atoms with van der Waals surface area (Å²) in [5.41, 5.74) is 0.969. The Bertz CT molecular complexity index is 1180. The van der Waals surface area contributed by atoms with Crippen LogP contribution >= 0.6 is 11.6 Å². The van der Waals surface area contributed by atoms with E-state index >= 15 is 0 Å². The molecule has 4 rings (SSSR count). The molecule has 0 spiro atoms. The average molecular weight is 449 g/mol. The van der Waals surface area contributed by atoms with Gasteiger partial charge in [-0.3, -0.25) is 14.5 Å². The van der Waals surface area contributed by atoms with Crippen molar-refractivity contribution >= 4 is 34.9 Å². The van der Waals surface area contributed by atoms with Gasteiger partial charge in [0.1, 0.15) is 17.3 Å². The van der Waals surface area contributed by atoms with E-state index in [-0.39, 0.29) is 11.3 Å². The van der Waals surface area contributed by atoms with Crippen molar-refractivity contribution in [3.05, 3.63) is 94.6 Å². The van der Waals surface area contributed by atoms with Crippen LogP contribution in [0, 0.1) is 0 Å². The highest BCUT2D eigenvalue weighted by Crippen LogP contribution is 2.42. The van der Waals surface area contributed by atoms with E-state index < -0.39 is 17.7 Å². The van der Waals surface area contributed by atoms with Crippen LogP contribution in [0.4, 0.5) is 5.82 Å². The van der Waals surface area contributed by atoms with Gasteiger partial charge in [0.2, 0.25) is 0 Å². The number of carbonyl (C=O) groups is 2. The quantitative estimate of drug-likeness (QED) is 0.320. The molecule has 2 aromatic carbocycles. The zero-order valence-corrected chi connectivity index (χ0v) is 18.1. The van der Waals surface area contributed by atoms with Gasteiger partial charge in [0.25, 0.3) is 5.78 Å². The fourth-order valence-corrected chi connectivity index (χ4v) is 3.84. The van der Waals surface area contributed by atoms with Gasteiger partial charge in [-0.05, 0) is 60.5 Å². The summed E-state index contributed by atoms with van der Waals surface area (Å²) in [5.74, 6) is -0.859. The van der Waals surface area contributed by atoms with E-state index in [1.807, 2.05) is 6.92 Å². The van der Waals surface area contributed by atoms with Gasteiger partial charge in [0.05, 0.1) is 18.2 Å². The normalized spacial score (nSPS) is 17.6. The van der Waals surface area contributed by atoms with Crippen LogP contribution in [0.3, 0.4) is 0 Å². The average Bonchev–Trinajstić information content (AvgIpc) is 3.08.